The van der Waals surface area contributed by atoms with Gasteiger partial charge in [-0.25, -0.2) is 4.98 Å². The van der Waals surface area contributed by atoms with E-state index < -0.39 is 5.91 Å². The number of benzene rings is 1. The SMILES string of the molecule is NC(=O)c1ccc(-n2cnc3c(N)nc(N)nc32)cc1. The smallest absolute Gasteiger partial charge is 0.248 e. The maximum absolute atomic E-state index is 11.0. The van der Waals surface area contributed by atoms with Crippen molar-refractivity contribution in [1.29, 1.82) is 0 Å². The molecule has 0 aliphatic rings. The Morgan fingerprint density at radius 3 is 2.45 bits per heavy atom. The summed E-state index contributed by atoms with van der Waals surface area (Å²) in [5, 5.41) is 0. The largest absolute Gasteiger partial charge is 0.382 e. The fourth-order valence-corrected chi connectivity index (χ4v) is 1.91. The van der Waals surface area contributed by atoms with Crippen LogP contribution >= 0.6 is 0 Å². The number of primary amides is 1. The highest BCUT2D eigenvalue weighted by molar-refractivity contribution is 5.93. The number of nitrogen functional groups attached to an aromatic ring is 2. The Morgan fingerprint density at radius 1 is 1.10 bits per heavy atom. The summed E-state index contributed by atoms with van der Waals surface area (Å²) in [6, 6.07) is 6.71. The molecule has 0 aliphatic heterocycles. The maximum Gasteiger partial charge on any atom is 0.248 e. The number of hydrogen-bond donors (Lipinski definition) is 3. The first-order valence-corrected chi connectivity index (χ1v) is 5.72. The molecule has 0 aliphatic carbocycles. The molecule has 3 aromatic rings. The van der Waals surface area contributed by atoms with Crippen LogP contribution in [0.3, 0.4) is 0 Å². The minimum atomic E-state index is -0.483. The van der Waals surface area contributed by atoms with Gasteiger partial charge >= 0.3 is 0 Å². The molecule has 20 heavy (non-hydrogen) atoms. The summed E-state index contributed by atoms with van der Waals surface area (Å²) in [7, 11) is 0. The zero-order valence-corrected chi connectivity index (χ0v) is 10.3. The van der Waals surface area contributed by atoms with Crippen LogP contribution in [-0.4, -0.2) is 25.4 Å². The zero-order valence-electron chi connectivity index (χ0n) is 10.3. The lowest BCUT2D eigenvalue weighted by atomic mass is 10.2. The molecule has 3 rings (SSSR count). The van der Waals surface area contributed by atoms with Gasteiger partial charge in [0.25, 0.3) is 0 Å². The monoisotopic (exact) mass is 269 g/mol. The van der Waals surface area contributed by atoms with Gasteiger partial charge in [-0.2, -0.15) is 9.97 Å². The van der Waals surface area contributed by atoms with Crippen LogP contribution in [0.2, 0.25) is 0 Å². The van der Waals surface area contributed by atoms with E-state index in [2.05, 4.69) is 15.0 Å². The lowest BCUT2D eigenvalue weighted by molar-refractivity contribution is 0.100. The summed E-state index contributed by atoms with van der Waals surface area (Å²) >= 11 is 0. The quantitative estimate of drug-likeness (QED) is 0.602. The summed E-state index contributed by atoms with van der Waals surface area (Å²) < 4.78 is 1.70. The van der Waals surface area contributed by atoms with E-state index in [1.165, 1.54) is 0 Å². The summed E-state index contributed by atoms with van der Waals surface area (Å²) in [4.78, 5) is 23.2. The summed E-state index contributed by atoms with van der Waals surface area (Å²) in [5.74, 6) is -0.187. The van der Waals surface area contributed by atoms with E-state index in [0.29, 0.717) is 16.7 Å². The van der Waals surface area contributed by atoms with Gasteiger partial charge in [-0.1, -0.05) is 0 Å². The standard InChI is InChI=1S/C12H11N7O/c13-9-8-11(18-12(15)17-9)19(5-16-8)7-3-1-6(2-4-7)10(14)20/h1-5H,(H2,14,20)(H4,13,15,17,18). The fraction of sp³-hybridized carbons (Fsp3) is 0. The van der Waals surface area contributed by atoms with Crippen molar-refractivity contribution < 1.29 is 4.79 Å². The number of nitrogens with zero attached hydrogens (tertiary/aromatic N) is 4. The highest BCUT2D eigenvalue weighted by atomic mass is 16.1. The Labute approximate surface area is 113 Å². The average Bonchev–Trinajstić information content (AvgIpc) is 2.82. The second-order valence-corrected chi connectivity index (χ2v) is 4.16. The van der Waals surface area contributed by atoms with E-state index in [9.17, 15) is 4.79 Å². The molecule has 0 saturated carbocycles. The number of carbonyl (C=O) groups is 1. The molecule has 8 heteroatoms. The Morgan fingerprint density at radius 2 is 1.80 bits per heavy atom. The van der Waals surface area contributed by atoms with E-state index in [0.717, 1.165) is 5.69 Å². The van der Waals surface area contributed by atoms with E-state index in [-0.39, 0.29) is 11.8 Å². The lowest BCUT2D eigenvalue weighted by Crippen LogP contribution is -2.10. The van der Waals surface area contributed by atoms with Gasteiger partial charge < -0.3 is 17.2 Å². The van der Waals surface area contributed by atoms with Crippen molar-refractivity contribution >= 4 is 28.8 Å². The molecule has 6 N–H and O–H groups in total. The molecule has 2 aromatic heterocycles. The molecule has 2 heterocycles. The highest BCUT2D eigenvalue weighted by Crippen LogP contribution is 2.20. The second-order valence-electron chi connectivity index (χ2n) is 4.16. The van der Waals surface area contributed by atoms with Gasteiger partial charge in [0.05, 0.1) is 0 Å². The van der Waals surface area contributed by atoms with Gasteiger partial charge in [0.2, 0.25) is 11.9 Å². The molecule has 1 aromatic carbocycles. The highest BCUT2D eigenvalue weighted by Gasteiger charge is 2.11. The van der Waals surface area contributed by atoms with E-state index in [1.54, 1.807) is 35.2 Å². The van der Waals surface area contributed by atoms with Gasteiger partial charge in [0.15, 0.2) is 17.0 Å². The Kier molecular flexibility index (Phi) is 2.50. The van der Waals surface area contributed by atoms with Gasteiger partial charge in [0, 0.05) is 11.3 Å². The Hall–Kier alpha value is -3.16. The van der Waals surface area contributed by atoms with Gasteiger partial charge in [-0.15, -0.1) is 0 Å². The third-order valence-corrected chi connectivity index (χ3v) is 2.87. The predicted molar refractivity (Wildman–Crippen MR) is 74.0 cm³/mol. The van der Waals surface area contributed by atoms with Gasteiger partial charge in [-0.3, -0.25) is 9.36 Å². The van der Waals surface area contributed by atoms with Crippen molar-refractivity contribution in [1.82, 2.24) is 19.5 Å². The molecule has 0 radical (unpaired) electrons. The third-order valence-electron chi connectivity index (χ3n) is 2.87. The van der Waals surface area contributed by atoms with Gasteiger partial charge in [-0.05, 0) is 24.3 Å². The number of aromatic nitrogens is 4. The second kappa shape index (κ2) is 4.19. The normalized spacial score (nSPS) is 10.8. The summed E-state index contributed by atoms with van der Waals surface area (Å²) in [6.45, 7) is 0. The van der Waals surface area contributed by atoms with Crippen molar-refractivity contribution in [2.75, 3.05) is 11.5 Å². The molecule has 8 nitrogen and oxygen atoms in total. The molecular formula is C12H11N7O. The van der Waals surface area contributed by atoms with Crippen LogP contribution < -0.4 is 17.2 Å². The number of anilines is 2. The molecule has 0 fully saturated rings. The number of fused-ring (bicyclic) bond motifs is 1. The van der Waals surface area contributed by atoms with E-state index in [1.807, 2.05) is 0 Å². The van der Waals surface area contributed by atoms with Crippen molar-refractivity contribution in [2.24, 2.45) is 5.73 Å². The van der Waals surface area contributed by atoms with Crippen LogP contribution in [0.25, 0.3) is 16.9 Å². The van der Waals surface area contributed by atoms with E-state index >= 15 is 0 Å². The van der Waals surface area contributed by atoms with Crippen LogP contribution in [0.1, 0.15) is 10.4 Å². The molecule has 0 atom stereocenters. The molecular weight excluding hydrogens is 258 g/mol. The number of hydrogen-bond acceptors (Lipinski definition) is 6. The molecule has 100 valence electrons. The minimum Gasteiger partial charge on any atom is -0.382 e. The summed E-state index contributed by atoms with van der Waals surface area (Å²) in [5.41, 5.74) is 18.7. The van der Waals surface area contributed by atoms with Crippen LogP contribution in [-0.2, 0) is 0 Å². The maximum atomic E-state index is 11.0. The number of nitrogens with two attached hydrogens (primary N) is 3. The molecule has 0 unspecified atom stereocenters. The zero-order chi connectivity index (χ0) is 14.3. The number of amides is 1. The van der Waals surface area contributed by atoms with Crippen molar-refractivity contribution in [3.8, 4) is 5.69 Å². The molecule has 1 amide bonds. The topological polar surface area (TPSA) is 139 Å². The Bertz CT molecular complexity index is 807. The van der Waals surface area contributed by atoms with Crippen LogP contribution in [0.4, 0.5) is 11.8 Å². The molecule has 0 bridgehead atoms. The molecule has 0 spiro atoms. The van der Waals surface area contributed by atoms with Crippen LogP contribution in [0.5, 0.6) is 0 Å². The third kappa shape index (κ3) is 1.79. The van der Waals surface area contributed by atoms with E-state index in [4.69, 9.17) is 17.2 Å². The minimum absolute atomic E-state index is 0.0745. The van der Waals surface area contributed by atoms with Crippen LogP contribution in [0.15, 0.2) is 30.6 Å². The van der Waals surface area contributed by atoms with Crippen LogP contribution in [0, 0.1) is 0 Å². The van der Waals surface area contributed by atoms with Crippen molar-refractivity contribution in [3.05, 3.63) is 36.2 Å². The number of rotatable bonds is 2. The first-order chi connectivity index (χ1) is 9.56. The molecule has 0 saturated heterocycles. The fourth-order valence-electron chi connectivity index (χ4n) is 1.91. The Balaban J connectivity index is 2.17. The number of imidazole rings is 1. The summed E-state index contributed by atoms with van der Waals surface area (Å²) in [6.07, 6.45) is 1.56. The van der Waals surface area contributed by atoms with Gasteiger partial charge in [0.1, 0.15) is 6.33 Å². The van der Waals surface area contributed by atoms with Crippen molar-refractivity contribution in [2.45, 2.75) is 0 Å². The lowest BCUT2D eigenvalue weighted by Gasteiger charge is -2.05. The predicted octanol–water partition coefficient (Wildman–Crippen LogP) is 0.0788. The first-order valence-electron chi connectivity index (χ1n) is 5.72. The van der Waals surface area contributed by atoms with Crippen molar-refractivity contribution in [3.63, 3.8) is 0 Å². The average molecular weight is 269 g/mol. The first kappa shape index (κ1) is 11.9. The number of carbonyl (C=O) groups excluding carboxylic acids is 1.